The zero-order valence-corrected chi connectivity index (χ0v) is 12.1. The van der Waals surface area contributed by atoms with Crippen LogP contribution in [0.2, 0.25) is 0 Å². The summed E-state index contributed by atoms with van der Waals surface area (Å²) in [6.07, 6.45) is 2.12. The Hall–Kier alpha value is -1.80. The molecule has 2 aromatic carbocycles. The molecule has 1 unspecified atom stereocenters. The van der Waals surface area contributed by atoms with Crippen molar-refractivity contribution in [2.45, 2.75) is 25.8 Å². The van der Waals surface area contributed by atoms with Crippen LogP contribution in [-0.4, -0.2) is 13.7 Å². The number of benzene rings is 2. The summed E-state index contributed by atoms with van der Waals surface area (Å²) in [6, 6.07) is 15.7. The second-order valence-electron chi connectivity index (χ2n) is 5.26. The molecule has 0 aromatic heterocycles. The molecule has 0 saturated carbocycles. The van der Waals surface area contributed by atoms with Crippen LogP contribution in [0.5, 0.6) is 5.75 Å². The number of para-hydroxylation sites is 1. The first kappa shape index (κ1) is 13.2. The number of nitrogens with one attached hydrogen (secondary N) is 1. The maximum atomic E-state index is 5.79. The van der Waals surface area contributed by atoms with Crippen molar-refractivity contribution in [3.8, 4) is 16.9 Å². The minimum atomic E-state index is 0.432. The topological polar surface area (TPSA) is 21.3 Å². The van der Waals surface area contributed by atoms with Crippen molar-refractivity contribution in [1.82, 2.24) is 5.32 Å². The Morgan fingerprint density at radius 3 is 2.65 bits per heavy atom. The van der Waals surface area contributed by atoms with Crippen LogP contribution in [0.1, 0.15) is 30.5 Å². The molecule has 0 amide bonds. The highest BCUT2D eigenvalue weighted by molar-refractivity contribution is 5.73. The first-order chi connectivity index (χ1) is 9.83. The Balaban J connectivity index is 1.94. The fourth-order valence-corrected chi connectivity index (χ4v) is 2.94. The van der Waals surface area contributed by atoms with Gasteiger partial charge in [-0.25, -0.2) is 0 Å². The van der Waals surface area contributed by atoms with Crippen LogP contribution in [0.25, 0.3) is 11.1 Å². The van der Waals surface area contributed by atoms with Gasteiger partial charge in [-0.05, 0) is 30.2 Å². The zero-order chi connectivity index (χ0) is 13.9. The Bertz CT molecular complexity index is 585. The van der Waals surface area contributed by atoms with Crippen molar-refractivity contribution < 1.29 is 4.74 Å². The van der Waals surface area contributed by atoms with Crippen molar-refractivity contribution in [2.75, 3.05) is 13.7 Å². The molecule has 0 aliphatic carbocycles. The van der Waals surface area contributed by atoms with Crippen molar-refractivity contribution in [3.63, 3.8) is 0 Å². The molecule has 1 heterocycles. The van der Waals surface area contributed by atoms with Gasteiger partial charge in [-0.15, -0.1) is 0 Å². The Kier molecular flexibility index (Phi) is 3.75. The second kappa shape index (κ2) is 5.68. The highest BCUT2D eigenvalue weighted by Gasteiger charge is 2.17. The van der Waals surface area contributed by atoms with Crippen LogP contribution in [0.4, 0.5) is 0 Å². The highest BCUT2D eigenvalue weighted by atomic mass is 16.5. The van der Waals surface area contributed by atoms with E-state index in [0.29, 0.717) is 6.04 Å². The lowest BCUT2D eigenvalue weighted by molar-refractivity contribution is 0.358. The number of ether oxygens (including phenoxy) is 1. The molecular weight excluding hydrogens is 246 g/mol. The minimum Gasteiger partial charge on any atom is -0.492 e. The smallest absolute Gasteiger partial charge is 0.130 e. The Morgan fingerprint density at radius 1 is 1.15 bits per heavy atom. The molecule has 2 aromatic rings. The van der Waals surface area contributed by atoms with E-state index in [4.69, 9.17) is 4.74 Å². The van der Waals surface area contributed by atoms with Gasteiger partial charge in [0.05, 0.1) is 6.61 Å². The maximum absolute atomic E-state index is 5.79. The third-order valence-corrected chi connectivity index (χ3v) is 4.10. The molecule has 2 heteroatoms. The highest BCUT2D eigenvalue weighted by Crippen LogP contribution is 2.37. The van der Waals surface area contributed by atoms with Gasteiger partial charge in [0.25, 0.3) is 0 Å². The lowest BCUT2D eigenvalue weighted by Gasteiger charge is -2.15. The third-order valence-electron chi connectivity index (χ3n) is 4.10. The molecule has 0 bridgehead atoms. The summed E-state index contributed by atoms with van der Waals surface area (Å²) < 4.78 is 5.79. The quantitative estimate of drug-likeness (QED) is 0.905. The molecule has 1 atom stereocenters. The van der Waals surface area contributed by atoms with E-state index >= 15 is 0 Å². The van der Waals surface area contributed by atoms with E-state index in [2.05, 4.69) is 54.7 Å². The summed E-state index contributed by atoms with van der Waals surface area (Å²) in [7, 11) is 2.01. The van der Waals surface area contributed by atoms with E-state index in [-0.39, 0.29) is 0 Å². The minimum absolute atomic E-state index is 0.432. The largest absolute Gasteiger partial charge is 0.492 e. The molecular formula is C18H21NO. The van der Waals surface area contributed by atoms with Crippen LogP contribution in [-0.2, 0) is 6.42 Å². The monoisotopic (exact) mass is 267 g/mol. The SMILES string of the molecule is CCC(NC)c1ccc(-c2cccc3c2OCC3)cc1. The van der Waals surface area contributed by atoms with E-state index in [9.17, 15) is 0 Å². The van der Waals surface area contributed by atoms with Gasteiger partial charge in [0.2, 0.25) is 0 Å². The summed E-state index contributed by atoms with van der Waals surface area (Å²) >= 11 is 0. The van der Waals surface area contributed by atoms with Crippen molar-refractivity contribution in [3.05, 3.63) is 53.6 Å². The van der Waals surface area contributed by atoms with Gasteiger partial charge >= 0.3 is 0 Å². The molecule has 1 aliphatic rings. The number of fused-ring (bicyclic) bond motifs is 1. The molecule has 104 valence electrons. The first-order valence-electron chi connectivity index (χ1n) is 7.35. The zero-order valence-electron chi connectivity index (χ0n) is 12.1. The van der Waals surface area contributed by atoms with Crippen molar-refractivity contribution in [2.24, 2.45) is 0 Å². The lowest BCUT2D eigenvalue weighted by atomic mass is 9.97. The molecule has 0 fully saturated rings. The molecule has 2 nitrogen and oxygen atoms in total. The Labute approximate surface area is 120 Å². The fraction of sp³-hybridized carbons (Fsp3) is 0.333. The summed E-state index contributed by atoms with van der Waals surface area (Å²) in [6.45, 7) is 3.01. The molecule has 3 rings (SSSR count). The molecule has 20 heavy (non-hydrogen) atoms. The molecule has 0 radical (unpaired) electrons. The normalized spacial score (nSPS) is 14.7. The molecule has 1 aliphatic heterocycles. The number of hydrogen-bond acceptors (Lipinski definition) is 2. The van der Waals surface area contributed by atoms with Crippen LogP contribution in [0.15, 0.2) is 42.5 Å². The van der Waals surface area contributed by atoms with Crippen molar-refractivity contribution in [1.29, 1.82) is 0 Å². The Morgan fingerprint density at radius 2 is 1.95 bits per heavy atom. The molecule has 0 saturated heterocycles. The predicted molar refractivity (Wildman–Crippen MR) is 83.2 cm³/mol. The summed E-state index contributed by atoms with van der Waals surface area (Å²) in [4.78, 5) is 0. The van der Waals surface area contributed by atoms with E-state index < -0.39 is 0 Å². The lowest BCUT2D eigenvalue weighted by Crippen LogP contribution is -2.14. The van der Waals surface area contributed by atoms with Gasteiger partial charge in [0.1, 0.15) is 5.75 Å². The average molecular weight is 267 g/mol. The van der Waals surface area contributed by atoms with Gasteiger partial charge in [0.15, 0.2) is 0 Å². The number of hydrogen-bond donors (Lipinski definition) is 1. The first-order valence-corrected chi connectivity index (χ1v) is 7.35. The number of rotatable bonds is 4. The third kappa shape index (κ3) is 2.32. The van der Waals surface area contributed by atoms with Crippen LogP contribution >= 0.6 is 0 Å². The van der Waals surface area contributed by atoms with E-state index in [1.165, 1.54) is 22.3 Å². The van der Waals surface area contributed by atoms with Crippen LogP contribution in [0.3, 0.4) is 0 Å². The second-order valence-corrected chi connectivity index (χ2v) is 5.26. The van der Waals surface area contributed by atoms with E-state index in [1.807, 2.05) is 7.05 Å². The van der Waals surface area contributed by atoms with Crippen LogP contribution in [0, 0.1) is 0 Å². The fourth-order valence-electron chi connectivity index (χ4n) is 2.94. The van der Waals surface area contributed by atoms with Gasteiger partial charge in [-0.3, -0.25) is 0 Å². The maximum Gasteiger partial charge on any atom is 0.130 e. The van der Waals surface area contributed by atoms with E-state index in [1.54, 1.807) is 0 Å². The summed E-state index contributed by atoms with van der Waals surface area (Å²) in [5, 5.41) is 3.34. The summed E-state index contributed by atoms with van der Waals surface area (Å²) in [5.41, 5.74) is 5.11. The van der Waals surface area contributed by atoms with Crippen molar-refractivity contribution >= 4 is 0 Å². The van der Waals surface area contributed by atoms with Gasteiger partial charge < -0.3 is 10.1 Å². The average Bonchev–Trinajstić information content (AvgIpc) is 2.98. The van der Waals surface area contributed by atoms with Gasteiger partial charge in [-0.1, -0.05) is 49.4 Å². The summed E-state index contributed by atoms with van der Waals surface area (Å²) in [5.74, 6) is 1.07. The molecule has 0 spiro atoms. The van der Waals surface area contributed by atoms with Gasteiger partial charge in [0, 0.05) is 18.0 Å². The predicted octanol–water partition coefficient (Wildman–Crippen LogP) is 3.96. The molecule has 1 N–H and O–H groups in total. The van der Waals surface area contributed by atoms with Gasteiger partial charge in [-0.2, -0.15) is 0 Å². The standard InChI is InChI=1S/C18H21NO/c1-3-17(19-2)14-9-7-13(8-10-14)16-6-4-5-15-11-12-20-18(15)16/h4-10,17,19H,3,11-12H2,1-2H3. The van der Waals surface area contributed by atoms with Crippen LogP contribution < -0.4 is 10.1 Å². The van der Waals surface area contributed by atoms with E-state index in [0.717, 1.165) is 25.2 Å².